The Morgan fingerprint density at radius 2 is 2.05 bits per heavy atom. The van der Waals surface area contributed by atoms with Crippen LogP contribution in [0, 0.1) is 17.0 Å². The van der Waals surface area contributed by atoms with Crippen LogP contribution in [0.1, 0.15) is 24.4 Å². The van der Waals surface area contributed by atoms with Gasteiger partial charge in [0.2, 0.25) is 0 Å². The van der Waals surface area contributed by atoms with Gasteiger partial charge in [0.15, 0.2) is 0 Å². The highest BCUT2D eigenvalue weighted by Crippen LogP contribution is 2.29. The van der Waals surface area contributed by atoms with E-state index in [0.717, 1.165) is 11.4 Å². The molecule has 0 aliphatic carbocycles. The van der Waals surface area contributed by atoms with Gasteiger partial charge in [-0.3, -0.25) is 20.1 Å². The molecule has 0 saturated carbocycles. The highest BCUT2D eigenvalue weighted by Gasteiger charge is 2.14. The van der Waals surface area contributed by atoms with Crippen molar-refractivity contribution in [2.45, 2.75) is 19.9 Å². The van der Waals surface area contributed by atoms with Gasteiger partial charge in [0, 0.05) is 24.5 Å². The van der Waals surface area contributed by atoms with Crippen LogP contribution in [0.15, 0.2) is 30.6 Å². The largest absolute Gasteiger partial charge is 0.375 e. The fraction of sp³-hybridized carbons (Fsp3) is 0.231. The molecule has 0 aliphatic heterocycles. The lowest BCUT2D eigenvalue weighted by Crippen LogP contribution is -2.11. The molecule has 1 unspecified atom stereocenters. The summed E-state index contributed by atoms with van der Waals surface area (Å²) in [5, 5.41) is 14.3. The van der Waals surface area contributed by atoms with E-state index in [1.165, 1.54) is 18.2 Å². The van der Waals surface area contributed by atoms with E-state index in [9.17, 15) is 10.1 Å². The zero-order valence-electron chi connectivity index (χ0n) is 11.0. The smallest absolute Gasteiger partial charge is 0.271 e. The summed E-state index contributed by atoms with van der Waals surface area (Å²) in [5.41, 5.74) is 2.06. The molecule has 20 heavy (non-hydrogen) atoms. The monoisotopic (exact) mass is 292 g/mol. The average Bonchev–Trinajstić information content (AvgIpc) is 2.41. The van der Waals surface area contributed by atoms with Crippen LogP contribution in [0.4, 0.5) is 11.4 Å². The maximum Gasteiger partial charge on any atom is 0.271 e. The van der Waals surface area contributed by atoms with Gasteiger partial charge in [0.05, 0.1) is 33.1 Å². The number of halogens is 1. The van der Waals surface area contributed by atoms with Crippen molar-refractivity contribution >= 4 is 23.0 Å². The summed E-state index contributed by atoms with van der Waals surface area (Å²) in [7, 11) is 0. The summed E-state index contributed by atoms with van der Waals surface area (Å²) in [6, 6.07) is 4.11. The van der Waals surface area contributed by atoms with Crippen molar-refractivity contribution in [1.29, 1.82) is 0 Å². The minimum absolute atomic E-state index is 0.0139. The molecule has 1 aromatic heterocycles. The third-order valence-electron chi connectivity index (χ3n) is 2.86. The standard InChI is InChI=1S/C13H13ClN4O2/c1-8-13(16-6-5-15-8)9(2)17-12-7-10(18(19)20)3-4-11(12)14/h3-7,9,17H,1-2H3. The summed E-state index contributed by atoms with van der Waals surface area (Å²) < 4.78 is 0. The van der Waals surface area contributed by atoms with E-state index in [1.807, 2.05) is 13.8 Å². The van der Waals surface area contributed by atoms with Crippen LogP contribution in [0.3, 0.4) is 0 Å². The summed E-state index contributed by atoms with van der Waals surface area (Å²) in [5.74, 6) is 0. The Hall–Kier alpha value is -2.21. The Kier molecular flexibility index (Phi) is 4.14. The lowest BCUT2D eigenvalue weighted by molar-refractivity contribution is -0.384. The van der Waals surface area contributed by atoms with Gasteiger partial charge in [-0.05, 0) is 19.9 Å². The number of aryl methyl sites for hydroxylation is 1. The second-order valence-electron chi connectivity index (χ2n) is 4.31. The third kappa shape index (κ3) is 3.03. The summed E-state index contributed by atoms with van der Waals surface area (Å²) in [6.45, 7) is 3.75. The molecule has 0 saturated heterocycles. The van der Waals surface area contributed by atoms with E-state index >= 15 is 0 Å². The van der Waals surface area contributed by atoms with Crippen LogP contribution < -0.4 is 5.32 Å². The molecular formula is C13H13ClN4O2. The highest BCUT2D eigenvalue weighted by atomic mass is 35.5. The zero-order valence-corrected chi connectivity index (χ0v) is 11.8. The Morgan fingerprint density at radius 3 is 2.70 bits per heavy atom. The van der Waals surface area contributed by atoms with E-state index in [-0.39, 0.29) is 11.7 Å². The number of aromatic nitrogens is 2. The van der Waals surface area contributed by atoms with Crippen molar-refractivity contribution in [2.75, 3.05) is 5.32 Å². The number of nitro benzene ring substituents is 1. The van der Waals surface area contributed by atoms with Gasteiger partial charge in [-0.1, -0.05) is 11.6 Å². The number of benzene rings is 1. The number of non-ortho nitro benzene ring substituents is 1. The van der Waals surface area contributed by atoms with Crippen molar-refractivity contribution in [3.8, 4) is 0 Å². The highest BCUT2D eigenvalue weighted by molar-refractivity contribution is 6.33. The van der Waals surface area contributed by atoms with Crippen LogP contribution in [0.5, 0.6) is 0 Å². The van der Waals surface area contributed by atoms with Crippen molar-refractivity contribution < 1.29 is 4.92 Å². The molecule has 0 amide bonds. The number of hydrogen-bond donors (Lipinski definition) is 1. The first-order valence-corrected chi connectivity index (χ1v) is 6.35. The van der Waals surface area contributed by atoms with Gasteiger partial charge in [0.1, 0.15) is 0 Å². The minimum atomic E-state index is -0.459. The lowest BCUT2D eigenvalue weighted by atomic mass is 10.1. The van der Waals surface area contributed by atoms with Crippen LogP contribution in [0.25, 0.3) is 0 Å². The zero-order chi connectivity index (χ0) is 14.7. The first kappa shape index (κ1) is 14.2. The normalized spacial score (nSPS) is 11.9. The number of nitrogens with zero attached hydrogens (tertiary/aromatic N) is 3. The Morgan fingerprint density at radius 1 is 1.35 bits per heavy atom. The van der Waals surface area contributed by atoms with Crippen LogP contribution >= 0.6 is 11.6 Å². The molecule has 6 nitrogen and oxygen atoms in total. The molecule has 0 radical (unpaired) electrons. The van der Waals surface area contributed by atoms with Gasteiger partial charge in [-0.25, -0.2) is 0 Å². The second-order valence-corrected chi connectivity index (χ2v) is 4.72. The summed E-state index contributed by atoms with van der Waals surface area (Å²) in [6.07, 6.45) is 3.22. The van der Waals surface area contributed by atoms with Crippen LogP contribution in [-0.2, 0) is 0 Å². The van der Waals surface area contributed by atoms with E-state index in [0.29, 0.717) is 10.7 Å². The van der Waals surface area contributed by atoms with Gasteiger partial charge < -0.3 is 5.32 Å². The minimum Gasteiger partial charge on any atom is -0.375 e. The molecule has 0 bridgehead atoms. The predicted octanol–water partition coefficient (Wildman–Crippen LogP) is 3.52. The van der Waals surface area contributed by atoms with Gasteiger partial charge in [-0.15, -0.1) is 0 Å². The number of nitro groups is 1. The molecule has 104 valence electrons. The Balaban J connectivity index is 2.28. The maximum absolute atomic E-state index is 10.8. The second kappa shape index (κ2) is 5.83. The fourth-order valence-electron chi connectivity index (χ4n) is 1.88. The van der Waals surface area contributed by atoms with Crippen LogP contribution in [0.2, 0.25) is 5.02 Å². The first-order valence-electron chi connectivity index (χ1n) is 5.97. The van der Waals surface area contributed by atoms with Crippen molar-refractivity contribution in [3.05, 3.63) is 57.1 Å². The predicted molar refractivity (Wildman–Crippen MR) is 76.9 cm³/mol. The van der Waals surface area contributed by atoms with E-state index in [1.54, 1.807) is 12.4 Å². The van der Waals surface area contributed by atoms with Crippen molar-refractivity contribution in [3.63, 3.8) is 0 Å². The molecule has 7 heteroatoms. The number of rotatable bonds is 4. The molecule has 2 aromatic rings. The maximum atomic E-state index is 10.8. The van der Waals surface area contributed by atoms with E-state index in [4.69, 9.17) is 11.6 Å². The van der Waals surface area contributed by atoms with Gasteiger partial charge >= 0.3 is 0 Å². The topological polar surface area (TPSA) is 81.0 Å². The average molecular weight is 293 g/mol. The fourth-order valence-corrected chi connectivity index (χ4v) is 2.05. The number of hydrogen-bond acceptors (Lipinski definition) is 5. The molecule has 0 fully saturated rings. The number of anilines is 1. The molecule has 1 heterocycles. The van der Waals surface area contributed by atoms with Gasteiger partial charge in [-0.2, -0.15) is 0 Å². The molecule has 1 N–H and O–H groups in total. The number of nitrogens with one attached hydrogen (secondary N) is 1. The quantitative estimate of drug-likeness (QED) is 0.689. The Bertz CT molecular complexity index is 648. The molecular weight excluding hydrogens is 280 g/mol. The van der Waals surface area contributed by atoms with Crippen molar-refractivity contribution in [2.24, 2.45) is 0 Å². The summed E-state index contributed by atoms with van der Waals surface area (Å²) >= 11 is 6.05. The molecule has 0 spiro atoms. The third-order valence-corrected chi connectivity index (χ3v) is 3.19. The molecule has 1 atom stereocenters. The van der Waals surface area contributed by atoms with Gasteiger partial charge in [0.25, 0.3) is 5.69 Å². The molecule has 1 aromatic carbocycles. The molecule has 0 aliphatic rings. The Labute approximate surface area is 121 Å². The van der Waals surface area contributed by atoms with Crippen LogP contribution in [-0.4, -0.2) is 14.9 Å². The van der Waals surface area contributed by atoms with E-state index in [2.05, 4.69) is 15.3 Å². The first-order chi connectivity index (χ1) is 9.49. The lowest BCUT2D eigenvalue weighted by Gasteiger charge is -2.16. The SMILES string of the molecule is Cc1nccnc1C(C)Nc1cc([N+](=O)[O-])ccc1Cl. The molecule has 2 rings (SSSR count). The van der Waals surface area contributed by atoms with Crippen molar-refractivity contribution in [1.82, 2.24) is 9.97 Å². The van der Waals surface area contributed by atoms with E-state index < -0.39 is 4.92 Å². The summed E-state index contributed by atoms with van der Waals surface area (Å²) in [4.78, 5) is 18.8.